The van der Waals surface area contributed by atoms with Crippen LogP contribution in [0, 0.1) is 13.8 Å². The fraction of sp³-hybridized carbons (Fsp3) is 0.571. The summed E-state index contributed by atoms with van der Waals surface area (Å²) in [6.45, 7) is 4.77. The summed E-state index contributed by atoms with van der Waals surface area (Å²) in [5.74, 6) is 0. The SMILES string of the molecule is CNc1cc(C)c(S(=O)(=O)N(C)C2CCOC2)c(C)c1. The largest absolute Gasteiger partial charge is 0.388 e. The maximum atomic E-state index is 12.8. The first-order valence-corrected chi connectivity index (χ1v) is 8.16. The molecule has 1 aliphatic heterocycles. The Labute approximate surface area is 121 Å². The molecule has 20 heavy (non-hydrogen) atoms. The Balaban J connectivity index is 2.43. The fourth-order valence-electron chi connectivity index (χ4n) is 2.65. The van der Waals surface area contributed by atoms with Crippen LogP contribution < -0.4 is 5.32 Å². The Kier molecular flexibility index (Phi) is 4.36. The molecule has 1 heterocycles. The van der Waals surface area contributed by atoms with Gasteiger partial charge in [-0.25, -0.2) is 8.42 Å². The van der Waals surface area contributed by atoms with Crippen LogP contribution in [-0.4, -0.2) is 46.1 Å². The molecule has 1 aromatic rings. The van der Waals surface area contributed by atoms with Gasteiger partial charge < -0.3 is 10.1 Å². The van der Waals surface area contributed by atoms with Gasteiger partial charge in [0.05, 0.1) is 17.5 Å². The molecule has 1 aromatic carbocycles. The summed E-state index contributed by atoms with van der Waals surface area (Å²) in [6.07, 6.45) is 0.752. The molecule has 1 aliphatic rings. The maximum Gasteiger partial charge on any atom is 0.243 e. The molecule has 0 aromatic heterocycles. The Bertz CT molecular complexity index is 569. The van der Waals surface area contributed by atoms with Gasteiger partial charge in [-0.2, -0.15) is 4.31 Å². The van der Waals surface area contributed by atoms with Gasteiger partial charge in [0.25, 0.3) is 0 Å². The van der Waals surface area contributed by atoms with E-state index in [1.807, 2.05) is 33.0 Å². The van der Waals surface area contributed by atoms with E-state index in [9.17, 15) is 8.42 Å². The van der Waals surface area contributed by atoms with Crippen molar-refractivity contribution in [1.29, 1.82) is 0 Å². The Morgan fingerprint density at radius 2 is 1.90 bits per heavy atom. The molecule has 6 heteroatoms. The van der Waals surface area contributed by atoms with Crippen LogP contribution in [0.1, 0.15) is 17.5 Å². The first kappa shape index (κ1) is 15.3. The predicted molar refractivity (Wildman–Crippen MR) is 79.6 cm³/mol. The highest BCUT2D eigenvalue weighted by atomic mass is 32.2. The van der Waals surface area contributed by atoms with Crippen LogP contribution in [-0.2, 0) is 14.8 Å². The number of aryl methyl sites for hydroxylation is 2. The summed E-state index contributed by atoms with van der Waals surface area (Å²) in [5.41, 5.74) is 2.45. The van der Waals surface area contributed by atoms with Crippen molar-refractivity contribution in [2.24, 2.45) is 0 Å². The standard InChI is InChI=1S/C14H22N2O3S/c1-10-7-12(15-3)8-11(2)14(10)20(17,18)16(4)13-5-6-19-9-13/h7-8,13,15H,5-6,9H2,1-4H3. The zero-order chi connectivity index (χ0) is 14.9. The first-order chi connectivity index (χ1) is 9.37. The van der Waals surface area contributed by atoms with Crippen molar-refractivity contribution in [3.05, 3.63) is 23.3 Å². The van der Waals surface area contributed by atoms with Crippen molar-refractivity contribution in [2.45, 2.75) is 31.2 Å². The van der Waals surface area contributed by atoms with Gasteiger partial charge in [-0.1, -0.05) is 0 Å². The number of rotatable bonds is 4. The molecule has 1 N–H and O–H groups in total. The molecule has 1 fully saturated rings. The molecule has 1 unspecified atom stereocenters. The van der Waals surface area contributed by atoms with Crippen LogP contribution in [0.25, 0.3) is 0 Å². The summed E-state index contributed by atoms with van der Waals surface area (Å²) in [4.78, 5) is 0.408. The number of nitrogens with one attached hydrogen (secondary N) is 1. The van der Waals surface area contributed by atoms with Crippen molar-refractivity contribution < 1.29 is 13.2 Å². The third-order valence-corrected chi connectivity index (χ3v) is 6.02. The first-order valence-electron chi connectivity index (χ1n) is 6.72. The third kappa shape index (κ3) is 2.68. The van der Waals surface area contributed by atoms with E-state index in [0.717, 1.165) is 23.2 Å². The van der Waals surface area contributed by atoms with Crippen LogP contribution in [0.5, 0.6) is 0 Å². The lowest BCUT2D eigenvalue weighted by Crippen LogP contribution is -2.38. The van der Waals surface area contributed by atoms with Gasteiger partial charge in [-0.15, -0.1) is 0 Å². The predicted octanol–water partition coefficient (Wildman–Crippen LogP) is 1.75. The Morgan fingerprint density at radius 3 is 2.35 bits per heavy atom. The summed E-state index contributed by atoms with van der Waals surface area (Å²) in [7, 11) is -0.0210. The zero-order valence-corrected chi connectivity index (χ0v) is 13.3. The number of likely N-dealkylation sites (N-methyl/N-ethyl adjacent to an activating group) is 1. The highest BCUT2D eigenvalue weighted by Crippen LogP contribution is 2.28. The van der Waals surface area contributed by atoms with Gasteiger partial charge in [0.15, 0.2) is 0 Å². The summed E-state index contributed by atoms with van der Waals surface area (Å²) in [6, 6.07) is 3.65. The molecule has 0 saturated carbocycles. The molecule has 1 saturated heterocycles. The number of sulfonamides is 1. The second-order valence-electron chi connectivity index (χ2n) is 5.23. The van der Waals surface area contributed by atoms with E-state index >= 15 is 0 Å². The van der Waals surface area contributed by atoms with E-state index in [4.69, 9.17) is 4.74 Å². The number of ether oxygens (including phenoxy) is 1. The molecule has 1 atom stereocenters. The fourth-order valence-corrected chi connectivity index (χ4v) is 4.43. The molecule has 2 rings (SSSR count). The van der Waals surface area contributed by atoms with Gasteiger partial charge in [0, 0.05) is 26.4 Å². The second kappa shape index (κ2) is 5.71. The number of hydrogen-bond acceptors (Lipinski definition) is 4. The van der Waals surface area contributed by atoms with Gasteiger partial charge in [-0.3, -0.25) is 0 Å². The number of anilines is 1. The molecule has 0 aliphatic carbocycles. The van der Waals surface area contributed by atoms with Crippen LogP contribution in [0.4, 0.5) is 5.69 Å². The lowest BCUT2D eigenvalue weighted by molar-refractivity contribution is 0.181. The molecule has 0 amide bonds. The van der Waals surface area contributed by atoms with Gasteiger partial charge in [0.1, 0.15) is 0 Å². The molecule has 0 radical (unpaired) electrons. The Morgan fingerprint density at radius 1 is 1.30 bits per heavy atom. The highest BCUT2D eigenvalue weighted by molar-refractivity contribution is 7.89. The summed E-state index contributed by atoms with van der Waals surface area (Å²) >= 11 is 0. The minimum Gasteiger partial charge on any atom is -0.388 e. The maximum absolute atomic E-state index is 12.8. The van der Waals surface area contributed by atoms with Crippen LogP contribution in [0.15, 0.2) is 17.0 Å². The minimum absolute atomic E-state index is 0.0669. The average molecular weight is 298 g/mol. The molecule has 0 spiro atoms. The zero-order valence-electron chi connectivity index (χ0n) is 12.4. The van der Waals surface area contributed by atoms with Crippen LogP contribution in [0.3, 0.4) is 0 Å². The van der Waals surface area contributed by atoms with Crippen molar-refractivity contribution in [3.8, 4) is 0 Å². The monoisotopic (exact) mass is 298 g/mol. The lowest BCUT2D eigenvalue weighted by Gasteiger charge is -2.24. The second-order valence-corrected chi connectivity index (χ2v) is 7.16. The number of nitrogens with zero attached hydrogens (tertiary/aromatic N) is 1. The van der Waals surface area contributed by atoms with E-state index in [1.165, 1.54) is 4.31 Å². The molecule has 5 nitrogen and oxygen atoms in total. The van der Waals surface area contributed by atoms with E-state index in [-0.39, 0.29) is 6.04 Å². The quantitative estimate of drug-likeness (QED) is 0.920. The minimum atomic E-state index is -3.48. The Hall–Kier alpha value is -1.11. The number of benzene rings is 1. The van der Waals surface area contributed by atoms with Crippen molar-refractivity contribution in [1.82, 2.24) is 4.31 Å². The summed E-state index contributed by atoms with van der Waals surface area (Å²) < 4.78 is 32.4. The van der Waals surface area contributed by atoms with Crippen molar-refractivity contribution in [2.75, 3.05) is 32.6 Å². The number of hydrogen-bond donors (Lipinski definition) is 1. The topological polar surface area (TPSA) is 58.6 Å². The van der Waals surface area contributed by atoms with Crippen LogP contribution >= 0.6 is 0 Å². The molecular weight excluding hydrogens is 276 g/mol. The lowest BCUT2D eigenvalue weighted by atomic mass is 10.1. The van der Waals surface area contributed by atoms with Gasteiger partial charge >= 0.3 is 0 Å². The normalized spacial score (nSPS) is 19.6. The summed E-state index contributed by atoms with van der Waals surface area (Å²) in [5, 5.41) is 3.04. The molecular formula is C14H22N2O3S. The van der Waals surface area contributed by atoms with Crippen molar-refractivity contribution in [3.63, 3.8) is 0 Å². The average Bonchev–Trinajstić information content (AvgIpc) is 2.90. The van der Waals surface area contributed by atoms with E-state index in [0.29, 0.717) is 18.1 Å². The highest BCUT2D eigenvalue weighted by Gasteiger charge is 2.32. The van der Waals surface area contributed by atoms with Crippen LogP contribution in [0.2, 0.25) is 0 Å². The van der Waals surface area contributed by atoms with Gasteiger partial charge in [0.2, 0.25) is 10.0 Å². The van der Waals surface area contributed by atoms with E-state index < -0.39 is 10.0 Å². The third-order valence-electron chi connectivity index (χ3n) is 3.81. The molecule has 112 valence electrons. The molecule has 0 bridgehead atoms. The smallest absolute Gasteiger partial charge is 0.243 e. The van der Waals surface area contributed by atoms with E-state index in [1.54, 1.807) is 7.05 Å². The van der Waals surface area contributed by atoms with E-state index in [2.05, 4.69) is 5.32 Å². The van der Waals surface area contributed by atoms with Gasteiger partial charge in [-0.05, 0) is 43.5 Å². The van der Waals surface area contributed by atoms with Crippen molar-refractivity contribution >= 4 is 15.7 Å².